The molecule has 1 saturated heterocycles. The molecule has 1 atom stereocenters. The van der Waals surface area contributed by atoms with Crippen LogP contribution in [0.5, 0.6) is 5.75 Å². The van der Waals surface area contributed by atoms with E-state index in [0.29, 0.717) is 31.8 Å². The molecule has 2 aromatic rings. The molecule has 2 heterocycles. The summed E-state index contributed by atoms with van der Waals surface area (Å²) in [6.45, 7) is 3.39. The third-order valence-corrected chi connectivity index (χ3v) is 4.54. The first-order valence-corrected chi connectivity index (χ1v) is 8.50. The summed E-state index contributed by atoms with van der Waals surface area (Å²) < 4.78 is 10.4. The number of aliphatic hydroxyl groups excluding tert-OH is 1. The van der Waals surface area contributed by atoms with E-state index in [2.05, 4.69) is 4.90 Å². The minimum Gasteiger partial charge on any atom is -0.497 e. The fraction of sp³-hybridized carbons (Fsp3) is 0.421. The first-order chi connectivity index (χ1) is 12.2. The van der Waals surface area contributed by atoms with Crippen LogP contribution in [0.2, 0.25) is 0 Å². The molecule has 0 saturated carbocycles. The summed E-state index contributed by atoms with van der Waals surface area (Å²) >= 11 is 0. The van der Waals surface area contributed by atoms with E-state index < -0.39 is 6.10 Å². The van der Waals surface area contributed by atoms with Crippen molar-refractivity contribution in [1.29, 1.82) is 0 Å². The molecule has 3 rings (SSSR count). The standard InChI is InChI=1S/C19H24N2O4/c1-24-16-6-4-15(5-7-16)13-19(23)21-10-8-20(9-11-21)14-17(22)18-3-2-12-25-18/h2-7,12,17,22H,8-11,13-14H2,1H3/t17-/m0/s1. The van der Waals surface area contributed by atoms with Crippen molar-refractivity contribution in [2.75, 3.05) is 39.8 Å². The molecule has 0 aliphatic carbocycles. The number of methoxy groups -OCH3 is 1. The minimum absolute atomic E-state index is 0.136. The Balaban J connectivity index is 1.45. The van der Waals surface area contributed by atoms with Crippen LogP contribution in [-0.2, 0) is 11.2 Å². The molecule has 1 aromatic heterocycles. The van der Waals surface area contributed by atoms with E-state index in [0.717, 1.165) is 24.4 Å². The Morgan fingerprint density at radius 2 is 1.92 bits per heavy atom. The van der Waals surface area contributed by atoms with Crippen molar-refractivity contribution in [3.8, 4) is 5.75 Å². The second kappa shape index (κ2) is 8.18. The summed E-state index contributed by atoms with van der Waals surface area (Å²) in [6, 6.07) is 11.1. The van der Waals surface area contributed by atoms with Crippen LogP contribution in [0.1, 0.15) is 17.4 Å². The molecular formula is C19H24N2O4. The molecule has 6 heteroatoms. The summed E-state index contributed by atoms with van der Waals surface area (Å²) in [6.07, 6.45) is 1.34. The minimum atomic E-state index is -0.628. The molecule has 1 aliphatic heterocycles. The van der Waals surface area contributed by atoms with Gasteiger partial charge in [0.25, 0.3) is 0 Å². The number of furan rings is 1. The van der Waals surface area contributed by atoms with Crippen LogP contribution in [0, 0.1) is 0 Å². The highest BCUT2D eigenvalue weighted by molar-refractivity contribution is 5.78. The molecule has 1 fully saturated rings. The van der Waals surface area contributed by atoms with E-state index in [1.165, 1.54) is 0 Å². The Hall–Kier alpha value is -2.31. The van der Waals surface area contributed by atoms with E-state index in [1.54, 1.807) is 25.5 Å². The number of rotatable bonds is 6. The molecule has 6 nitrogen and oxygen atoms in total. The van der Waals surface area contributed by atoms with Crippen LogP contribution >= 0.6 is 0 Å². The van der Waals surface area contributed by atoms with Crippen molar-refractivity contribution in [2.45, 2.75) is 12.5 Å². The molecule has 0 spiro atoms. The summed E-state index contributed by atoms with van der Waals surface area (Å²) in [5, 5.41) is 10.1. The average molecular weight is 344 g/mol. The molecule has 1 N–H and O–H groups in total. The highest BCUT2D eigenvalue weighted by atomic mass is 16.5. The van der Waals surface area contributed by atoms with Gasteiger partial charge in [-0.15, -0.1) is 0 Å². The van der Waals surface area contributed by atoms with Crippen LogP contribution in [0.15, 0.2) is 47.1 Å². The van der Waals surface area contributed by atoms with Crippen LogP contribution in [0.3, 0.4) is 0 Å². The predicted molar refractivity (Wildman–Crippen MR) is 93.4 cm³/mol. The normalized spacial score (nSPS) is 16.6. The van der Waals surface area contributed by atoms with Gasteiger partial charge in [0.15, 0.2) is 0 Å². The van der Waals surface area contributed by atoms with Crippen molar-refractivity contribution in [3.63, 3.8) is 0 Å². The number of carbonyl (C=O) groups is 1. The Morgan fingerprint density at radius 1 is 1.20 bits per heavy atom. The van der Waals surface area contributed by atoms with E-state index in [1.807, 2.05) is 29.2 Å². The maximum Gasteiger partial charge on any atom is 0.227 e. The first-order valence-electron chi connectivity index (χ1n) is 8.50. The molecular weight excluding hydrogens is 320 g/mol. The van der Waals surface area contributed by atoms with Crippen molar-refractivity contribution in [1.82, 2.24) is 9.80 Å². The van der Waals surface area contributed by atoms with Gasteiger partial charge in [0, 0.05) is 32.7 Å². The molecule has 1 amide bonds. The number of amides is 1. The second-order valence-corrected chi connectivity index (χ2v) is 6.24. The number of hydrogen-bond donors (Lipinski definition) is 1. The SMILES string of the molecule is COc1ccc(CC(=O)N2CCN(C[C@H](O)c3ccco3)CC2)cc1. The maximum absolute atomic E-state index is 12.4. The summed E-state index contributed by atoms with van der Waals surface area (Å²) in [4.78, 5) is 16.5. The maximum atomic E-state index is 12.4. The third kappa shape index (κ3) is 4.61. The Kier molecular flexibility index (Phi) is 5.73. The third-order valence-electron chi connectivity index (χ3n) is 4.54. The lowest BCUT2D eigenvalue weighted by molar-refractivity contribution is -0.132. The molecule has 0 radical (unpaired) electrons. The van der Waals surface area contributed by atoms with Crippen molar-refractivity contribution >= 4 is 5.91 Å². The molecule has 1 aromatic carbocycles. The van der Waals surface area contributed by atoms with E-state index in [9.17, 15) is 9.90 Å². The number of ether oxygens (including phenoxy) is 1. The molecule has 134 valence electrons. The molecule has 0 unspecified atom stereocenters. The number of hydrogen-bond acceptors (Lipinski definition) is 5. The average Bonchev–Trinajstić information content (AvgIpc) is 3.18. The summed E-state index contributed by atoms with van der Waals surface area (Å²) in [7, 11) is 1.63. The zero-order valence-electron chi connectivity index (χ0n) is 14.4. The number of piperazine rings is 1. The summed E-state index contributed by atoms with van der Waals surface area (Å²) in [5.74, 6) is 1.51. The van der Waals surface area contributed by atoms with E-state index in [4.69, 9.17) is 9.15 Å². The van der Waals surface area contributed by atoms with Gasteiger partial charge in [0.2, 0.25) is 5.91 Å². The Morgan fingerprint density at radius 3 is 2.52 bits per heavy atom. The van der Waals surface area contributed by atoms with Crippen molar-refractivity contribution < 1.29 is 19.1 Å². The van der Waals surface area contributed by atoms with Crippen molar-refractivity contribution in [3.05, 3.63) is 54.0 Å². The Labute approximate surface area is 147 Å². The zero-order chi connectivity index (χ0) is 17.6. The zero-order valence-corrected chi connectivity index (χ0v) is 14.4. The van der Waals surface area contributed by atoms with Crippen molar-refractivity contribution in [2.24, 2.45) is 0 Å². The van der Waals surface area contributed by atoms with Gasteiger partial charge in [-0.25, -0.2) is 0 Å². The van der Waals surface area contributed by atoms with E-state index in [-0.39, 0.29) is 5.91 Å². The van der Waals surface area contributed by atoms with Crippen LogP contribution in [0.4, 0.5) is 0 Å². The highest BCUT2D eigenvalue weighted by Crippen LogP contribution is 2.16. The number of benzene rings is 1. The van der Waals surface area contributed by atoms with Crippen LogP contribution in [0.25, 0.3) is 0 Å². The van der Waals surface area contributed by atoms with E-state index >= 15 is 0 Å². The molecule has 25 heavy (non-hydrogen) atoms. The first kappa shape index (κ1) is 17.5. The monoisotopic (exact) mass is 344 g/mol. The Bertz CT molecular complexity index is 661. The van der Waals surface area contributed by atoms with Crippen LogP contribution < -0.4 is 4.74 Å². The van der Waals surface area contributed by atoms with Gasteiger partial charge in [-0.3, -0.25) is 9.69 Å². The molecule has 1 aliphatic rings. The second-order valence-electron chi connectivity index (χ2n) is 6.24. The molecule has 0 bridgehead atoms. The smallest absolute Gasteiger partial charge is 0.227 e. The van der Waals surface area contributed by atoms with Gasteiger partial charge in [0.1, 0.15) is 17.6 Å². The number of aliphatic hydroxyl groups is 1. The van der Waals surface area contributed by atoms with Gasteiger partial charge < -0.3 is 19.2 Å². The quantitative estimate of drug-likeness (QED) is 0.864. The lowest BCUT2D eigenvalue weighted by atomic mass is 10.1. The number of nitrogens with zero attached hydrogens (tertiary/aromatic N) is 2. The summed E-state index contributed by atoms with van der Waals surface area (Å²) in [5.41, 5.74) is 0.987. The lowest BCUT2D eigenvalue weighted by Gasteiger charge is -2.35. The predicted octanol–water partition coefficient (Wildman–Crippen LogP) is 1.71. The number of carbonyl (C=O) groups excluding carboxylic acids is 1. The largest absolute Gasteiger partial charge is 0.497 e. The van der Waals surface area contributed by atoms with Gasteiger partial charge in [-0.05, 0) is 29.8 Å². The van der Waals surface area contributed by atoms with Crippen LogP contribution in [-0.4, -0.2) is 60.6 Å². The number of β-amino-alcohol motifs (C(OH)–C–C–N with tert-alkyl or cyclic N) is 1. The fourth-order valence-corrected chi connectivity index (χ4v) is 3.03. The fourth-order valence-electron chi connectivity index (χ4n) is 3.03. The topological polar surface area (TPSA) is 66.2 Å². The lowest BCUT2D eigenvalue weighted by Crippen LogP contribution is -2.50. The van der Waals surface area contributed by atoms with Gasteiger partial charge in [0.05, 0.1) is 19.8 Å². The van der Waals surface area contributed by atoms with Gasteiger partial charge in [-0.1, -0.05) is 12.1 Å². The van der Waals surface area contributed by atoms with Gasteiger partial charge in [-0.2, -0.15) is 0 Å². The van der Waals surface area contributed by atoms with Gasteiger partial charge >= 0.3 is 0 Å². The highest BCUT2D eigenvalue weighted by Gasteiger charge is 2.23.